The second-order valence-corrected chi connectivity index (χ2v) is 10.2. The maximum Gasteiger partial charge on any atom is 0.450 e. The molecule has 3 heterocycles. The zero-order valence-corrected chi connectivity index (χ0v) is 17.0. The number of ketones is 1. The minimum absolute atomic E-state index is 0.185. The summed E-state index contributed by atoms with van der Waals surface area (Å²) in [5.74, 6) is -0.230. The minimum atomic E-state index is -4.68. The Kier molecular flexibility index (Phi) is 5.44. The molecule has 5 aliphatic rings. The number of ether oxygens (including phenoxy) is 1. The minimum Gasteiger partial charge on any atom is -0.359 e. The van der Waals surface area contributed by atoms with Crippen molar-refractivity contribution in [3.63, 3.8) is 0 Å². The molecule has 0 amide bonds. The number of nitrogens with one attached hydrogen (secondary N) is 1. The molecule has 5 rings (SSSR count). The van der Waals surface area contributed by atoms with Crippen LogP contribution in [0, 0.1) is 29.6 Å². The lowest BCUT2D eigenvalue weighted by atomic mass is 9.71. The number of hydrogen-bond acceptors (Lipinski definition) is 4. The van der Waals surface area contributed by atoms with Gasteiger partial charge in [0.1, 0.15) is 6.23 Å². The molecule has 3 aliphatic heterocycles. The molecule has 0 radical (unpaired) electrons. The van der Waals surface area contributed by atoms with E-state index in [1.165, 1.54) is 32.1 Å². The summed E-state index contributed by atoms with van der Waals surface area (Å²) in [4.78, 5) is 14.1. The predicted molar refractivity (Wildman–Crippen MR) is 102 cm³/mol. The summed E-state index contributed by atoms with van der Waals surface area (Å²) in [6.07, 6.45) is 6.32. The Morgan fingerprint density at radius 3 is 2.48 bits per heavy atom. The smallest absolute Gasteiger partial charge is 0.359 e. The van der Waals surface area contributed by atoms with Gasteiger partial charge in [-0.2, -0.15) is 13.2 Å². The van der Waals surface area contributed by atoms with Crippen LogP contribution >= 0.6 is 0 Å². The van der Waals surface area contributed by atoms with Crippen molar-refractivity contribution >= 4 is 5.78 Å². The molecule has 0 spiro atoms. The van der Waals surface area contributed by atoms with Crippen molar-refractivity contribution in [3.05, 3.63) is 0 Å². The first-order valence-corrected chi connectivity index (χ1v) is 11.7. The van der Waals surface area contributed by atoms with E-state index in [4.69, 9.17) is 4.74 Å². The average Bonchev–Trinajstić information content (AvgIpc) is 3.03. The van der Waals surface area contributed by atoms with Gasteiger partial charge in [-0.05, 0) is 56.3 Å². The molecule has 4 nitrogen and oxygen atoms in total. The van der Waals surface area contributed by atoms with Gasteiger partial charge in [-0.1, -0.05) is 25.7 Å². The highest BCUT2D eigenvalue weighted by Gasteiger charge is 2.50. The number of nitrogens with zero attached hydrogens (tertiary/aromatic N) is 1. The Labute approximate surface area is 170 Å². The Hall–Kier alpha value is -0.660. The number of hydrogen-bond donors (Lipinski definition) is 1. The maximum atomic E-state index is 12.8. The van der Waals surface area contributed by atoms with Gasteiger partial charge in [0, 0.05) is 24.9 Å². The van der Waals surface area contributed by atoms with E-state index in [-0.39, 0.29) is 12.1 Å². The normalized spacial score (nSPS) is 44.0. The van der Waals surface area contributed by atoms with Crippen molar-refractivity contribution in [1.29, 1.82) is 0 Å². The van der Waals surface area contributed by atoms with Crippen LogP contribution < -0.4 is 5.32 Å². The SMILES string of the molecule is O=C(C1CCCC(C2CN(C3CCC4C(N3)OC3CCCCC34)C2)C1)C(F)(F)F. The maximum absolute atomic E-state index is 12.8. The van der Waals surface area contributed by atoms with Crippen LogP contribution in [0.2, 0.25) is 0 Å². The van der Waals surface area contributed by atoms with Gasteiger partial charge in [-0.3, -0.25) is 15.0 Å². The summed E-state index contributed by atoms with van der Waals surface area (Å²) in [6, 6.07) is 0. The number of likely N-dealkylation sites (tertiary alicyclic amines) is 1. The van der Waals surface area contributed by atoms with Crippen molar-refractivity contribution in [3.8, 4) is 0 Å². The molecule has 2 saturated carbocycles. The van der Waals surface area contributed by atoms with Gasteiger partial charge in [-0.25, -0.2) is 0 Å². The summed E-state index contributed by atoms with van der Waals surface area (Å²) in [6.45, 7) is 1.89. The lowest BCUT2D eigenvalue weighted by molar-refractivity contribution is -0.177. The monoisotopic (exact) mass is 414 g/mol. The topological polar surface area (TPSA) is 41.6 Å². The van der Waals surface area contributed by atoms with E-state index < -0.39 is 17.9 Å². The number of fused-ring (bicyclic) bond motifs is 3. The van der Waals surface area contributed by atoms with Crippen LogP contribution in [0.3, 0.4) is 0 Å². The number of carbonyl (C=O) groups is 1. The molecule has 164 valence electrons. The molecule has 3 saturated heterocycles. The van der Waals surface area contributed by atoms with Crippen LogP contribution in [0.25, 0.3) is 0 Å². The highest BCUT2D eigenvalue weighted by Crippen LogP contribution is 2.46. The number of rotatable bonds is 3. The van der Waals surface area contributed by atoms with Gasteiger partial charge in [0.15, 0.2) is 0 Å². The zero-order valence-electron chi connectivity index (χ0n) is 17.0. The molecule has 7 atom stereocenters. The van der Waals surface area contributed by atoms with E-state index in [2.05, 4.69) is 10.2 Å². The van der Waals surface area contributed by atoms with Crippen LogP contribution in [0.5, 0.6) is 0 Å². The zero-order chi connectivity index (χ0) is 20.2. The standard InChI is InChI=1S/C22H33F3N2O2/c23-22(24,25)20(28)14-5-3-4-13(10-14)15-11-27(12-15)19-9-8-17-16-6-1-2-7-18(16)29-21(17)26-19/h13-19,21,26H,1-12H2. The first-order valence-electron chi connectivity index (χ1n) is 11.7. The summed E-state index contributed by atoms with van der Waals surface area (Å²) in [7, 11) is 0. The van der Waals surface area contributed by atoms with E-state index in [0.717, 1.165) is 38.3 Å². The molecule has 7 unspecified atom stereocenters. The van der Waals surface area contributed by atoms with Crippen molar-refractivity contribution in [2.75, 3.05) is 13.1 Å². The van der Waals surface area contributed by atoms with Crippen LogP contribution in [0.1, 0.15) is 64.2 Å². The Morgan fingerprint density at radius 1 is 0.897 bits per heavy atom. The number of piperidine rings is 1. The van der Waals surface area contributed by atoms with Gasteiger partial charge < -0.3 is 4.74 Å². The Morgan fingerprint density at radius 2 is 1.69 bits per heavy atom. The van der Waals surface area contributed by atoms with Gasteiger partial charge in [0.05, 0.1) is 12.3 Å². The molecular formula is C22H33F3N2O2. The highest BCUT2D eigenvalue weighted by atomic mass is 19.4. The largest absolute Gasteiger partial charge is 0.450 e. The molecular weight excluding hydrogens is 381 g/mol. The lowest BCUT2D eigenvalue weighted by Gasteiger charge is -2.51. The molecule has 29 heavy (non-hydrogen) atoms. The van der Waals surface area contributed by atoms with Gasteiger partial charge in [0.25, 0.3) is 0 Å². The fourth-order valence-electron chi connectivity index (χ4n) is 6.96. The molecule has 0 aromatic heterocycles. The second-order valence-electron chi connectivity index (χ2n) is 10.2. The van der Waals surface area contributed by atoms with Gasteiger partial charge in [-0.15, -0.1) is 0 Å². The van der Waals surface area contributed by atoms with E-state index in [0.29, 0.717) is 36.9 Å². The van der Waals surface area contributed by atoms with E-state index >= 15 is 0 Å². The third kappa shape index (κ3) is 3.87. The van der Waals surface area contributed by atoms with E-state index in [9.17, 15) is 18.0 Å². The molecule has 5 fully saturated rings. The fraction of sp³-hybridized carbons (Fsp3) is 0.955. The Balaban J connectivity index is 1.12. The quantitative estimate of drug-likeness (QED) is 0.755. The number of Topliss-reactive ketones (excluding diaryl/α,β-unsaturated/α-hetero) is 1. The fourth-order valence-corrected chi connectivity index (χ4v) is 6.96. The highest BCUT2D eigenvalue weighted by molar-refractivity contribution is 5.86. The van der Waals surface area contributed by atoms with E-state index in [1.807, 2.05) is 0 Å². The molecule has 7 heteroatoms. The summed E-state index contributed by atoms with van der Waals surface area (Å²) < 4.78 is 44.8. The molecule has 2 aliphatic carbocycles. The third-order valence-electron chi connectivity index (χ3n) is 8.55. The summed E-state index contributed by atoms with van der Waals surface area (Å²) >= 11 is 0. The number of carbonyl (C=O) groups excluding carboxylic acids is 1. The predicted octanol–water partition coefficient (Wildman–Crippen LogP) is 4.10. The van der Waals surface area contributed by atoms with Crippen LogP contribution in [-0.4, -0.2) is 48.4 Å². The molecule has 0 aromatic carbocycles. The Bertz CT molecular complexity index is 622. The summed E-state index contributed by atoms with van der Waals surface area (Å²) in [5.41, 5.74) is 0. The van der Waals surface area contributed by atoms with Crippen LogP contribution in [-0.2, 0) is 9.53 Å². The second kappa shape index (κ2) is 7.79. The van der Waals surface area contributed by atoms with Crippen molar-refractivity contribution < 1.29 is 22.7 Å². The lowest BCUT2D eigenvalue weighted by Crippen LogP contribution is -2.63. The molecule has 1 N–H and O–H groups in total. The number of alkyl halides is 3. The molecule has 0 bridgehead atoms. The third-order valence-corrected chi connectivity index (χ3v) is 8.55. The van der Waals surface area contributed by atoms with Crippen LogP contribution in [0.15, 0.2) is 0 Å². The van der Waals surface area contributed by atoms with Crippen molar-refractivity contribution in [1.82, 2.24) is 10.2 Å². The van der Waals surface area contributed by atoms with Gasteiger partial charge >= 0.3 is 6.18 Å². The number of halogens is 3. The van der Waals surface area contributed by atoms with Crippen LogP contribution in [0.4, 0.5) is 13.2 Å². The van der Waals surface area contributed by atoms with Gasteiger partial charge in [0.2, 0.25) is 5.78 Å². The molecule has 0 aromatic rings. The summed E-state index contributed by atoms with van der Waals surface area (Å²) in [5, 5.41) is 3.74. The average molecular weight is 415 g/mol. The van der Waals surface area contributed by atoms with E-state index in [1.54, 1.807) is 0 Å². The first-order chi connectivity index (χ1) is 13.9. The first kappa shape index (κ1) is 20.3. The van der Waals surface area contributed by atoms with Crippen molar-refractivity contribution in [2.24, 2.45) is 29.6 Å². The van der Waals surface area contributed by atoms with Crippen molar-refractivity contribution in [2.45, 2.75) is 88.9 Å².